The van der Waals surface area contributed by atoms with E-state index in [-0.39, 0.29) is 12.3 Å². The molecule has 0 radical (unpaired) electrons. The first kappa shape index (κ1) is 19.0. The number of rotatable bonds is 5. The number of carbonyl (C=O) groups is 1. The summed E-state index contributed by atoms with van der Waals surface area (Å²) in [6.07, 6.45) is 5.31. The maximum absolute atomic E-state index is 12.9. The van der Waals surface area contributed by atoms with Gasteiger partial charge in [0.05, 0.1) is 24.0 Å². The Morgan fingerprint density at radius 3 is 2.58 bits per heavy atom. The van der Waals surface area contributed by atoms with Gasteiger partial charge in [-0.05, 0) is 30.3 Å². The lowest BCUT2D eigenvalue weighted by molar-refractivity contribution is -0.115. The van der Waals surface area contributed by atoms with E-state index >= 15 is 0 Å². The second-order valence-electron chi connectivity index (χ2n) is 6.95. The number of halogens is 1. The molecule has 0 saturated heterocycles. The minimum Gasteiger partial charge on any atom is -0.310 e. The summed E-state index contributed by atoms with van der Waals surface area (Å²) in [5.41, 5.74) is 4.00. The lowest BCUT2D eigenvalue weighted by atomic mass is 10.1. The van der Waals surface area contributed by atoms with E-state index in [9.17, 15) is 4.79 Å². The molecule has 5 aromatic rings. The molecule has 0 aliphatic heterocycles. The molecule has 7 nitrogen and oxygen atoms in total. The smallest absolute Gasteiger partial charge is 0.230 e. The lowest BCUT2D eigenvalue weighted by Gasteiger charge is -2.07. The van der Waals surface area contributed by atoms with Crippen molar-refractivity contribution in [2.24, 2.45) is 0 Å². The van der Waals surface area contributed by atoms with Crippen LogP contribution in [0.3, 0.4) is 0 Å². The molecule has 1 amide bonds. The van der Waals surface area contributed by atoms with Crippen LogP contribution in [0.1, 0.15) is 5.56 Å². The van der Waals surface area contributed by atoms with Gasteiger partial charge in [-0.1, -0.05) is 41.9 Å². The normalized spacial score (nSPS) is 11.0. The number of hydrogen-bond donors (Lipinski definition) is 1. The van der Waals surface area contributed by atoms with Crippen LogP contribution in [-0.2, 0) is 11.2 Å². The van der Waals surface area contributed by atoms with E-state index in [1.807, 2.05) is 60.8 Å². The summed E-state index contributed by atoms with van der Waals surface area (Å²) in [6.45, 7) is 0. The Morgan fingerprint density at radius 1 is 0.968 bits per heavy atom. The number of anilines is 1. The zero-order chi connectivity index (χ0) is 21.2. The molecule has 3 aromatic heterocycles. The average molecular weight is 429 g/mol. The van der Waals surface area contributed by atoms with Crippen molar-refractivity contribution in [2.75, 3.05) is 5.32 Å². The van der Waals surface area contributed by atoms with E-state index < -0.39 is 0 Å². The van der Waals surface area contributed by atoms with Crippen LogP contribution in [0, 0.1) is 0 Å². The fourth-order valence-electron chi connectivity index (χ4n) is 3.39. The number of aromatic nitrogens is 5. The first-order valence-electron chi connectivity index (χ1n) is 9.66. The first-order valence-corrected chi connectivity index (χ1v) is 10.0. The third kappa shape index (κ3) is 3.91. The largest absolute Gasteiger partial charge is 0.310 e. The molecule has 3 heterocycles. The molecule has 31 heavy (non-hydrogen) atoms. The number of amides is 1. The van der Waals surface area contributed by atoms with Gasteiger partial charge in [0.25, 0.3) is 0 Å². The van der Waals surface area contributed by atoms with Crippen molar-refractivity contribution in [1.82, 2.24) is 24.4 Å². The van der Waals surface area contributed by atoms with Crippen LogP contribution in [0.4, 0.5) is 5.82 Å². The third-order valence-electron chi connectivity index (χ3n) is 4.84. The molecule has 0 unspecified atom stereocenters. The highest BCUT2D eigenvalue weighted by atomic mass is 35.5. The van der Waals surface area contributed by atoms with Crippen molar-refractivity contribution in [3.8, 4) is 16.9 Å². The summed E-state index contributed by atoms with van der Waals surface area (Å²) in [6, 6.07) is 20.7. The van der Waals surface area contributed by atoms with Crippen molar-refractivity contribution < 1.29 is 4.79 Å². The van der Waals surface area contributed by atoms with Gasteiger partial charge >= 0.3 is 0 Å². The zero-order valence-corrected chi connectivity index (χ0v) is 17.1. The summed E-state index contributed by atoms with van der Waals surface area (Å²) < 4.78 is 3.37. The van der Waals surface area contributed by atoms with Gasteiger partial charge in [0.15, 0.2) is 5.65 Å². The molecule has 0 aliphatic rings. The molecule has 0 atom stereocenters. The van der Waals surface area contributed by atoms with Crippen molar-refractivity contribution in [3.05, 3.63) is 95.9 Å². The maximum atomic E-state index is 12.9. The van der Waals surface area contributed by atoms with Crippen LogP contribution in [0.2, 0.25) is 5.02 Å². The highest BCUT2D eigenvalue weighted by molar-refractivity contribution is 6.30. The number of nitrogens with one attached hydrogen (secondary N) is 1. The molecular formula is C23H17ClN6O. The second-order valence-corrected chi connectivity index (χ2v) is 7.38. The predicted molar refractivity (Wildman–Crippen MR) is 119 cm³/mol. The van der Waals surface area contributed by atoms with E-state index in [1.165, 1.54) is 0 Å². The Hall–Kier alpha value is -3.97. The van der Waals surface area contributed by atoms with Gasteiger partial charge in [0, 0.05) is 34.6 Å². The number of para-hydroxylation sites is 1. The molecule has 0 spiro atoms. The number of hydrogen-bond acceptors (Lipinski definition) is 4. The number of benzene rings is 2. The van der Waals surface area contributed by atoms with Gasteiger partial charge in [-0.2, -0.15) is 14.7 Å². The standard InChI is InChI=1S/C23H17ClN6O/c24-18-8-6-16(7-9-18)23-17(15-29(28-23)19-4-2-1-3-5-19)14-22(31)27-21-10-12-25-20-11-13-26-30(20)21/h1-13,15H,14H2,(H,27,31). The van der Waals surface area contributed by atoms with Gasteiger partial charge in [0.1, 0.15) is 5.82 Å². The Bertz CT molecular complexity index is 1360. The molecule has 0 saturated carbocycles. The van der Waals surface area contributed by atoms with Crippen molar-refractivity contribution in [2.45, 2.75) is 6.42 Å². The van der Waals surface area contributed by atoms with Crippen LogP contribution in [0.15, 0.2) is 85.3 Å². The van der Waals surface area contributed by atoms with Gasteiger partial charge in [0.2, 0.25) is 5.91 Å². The predicted octanol–water partition coefficient (Wildman–Crippen LogP) is 4.42. The molecular weight excluding hydrogens is 412 g/mol. The summed E-state index contributed by atoms with van der Waals surface area (Å²) in [5, 5.41) is 12.5. The number of fused-ring (bicyclic) bond motifs is 1. The van der Waals surface area contributed by atoms with Crippen LogP contribution >= 0.6 is 11.6 Å². The van der Waals surface area contributed by atoms with E-state index in [2.05, 4.69) is 15.4 Å². The quantitative estimate of drug-likeness (QED) is 0.449. The third-order valence-corrected chi connectivity index (χ3v) is 5.09. The fraction of sp³-hybridized carbons (Fsp3) is 0.0435. The Balaban J connectivity index is 1.48. The van der Waals surface area contributed by atoms with Crippen LogP contribution in [0.25, 0.3) is 22.6 Å². The molecule has 0 fully saturated rings. The van der Waals surface area contributed by atoms with Crippen molar-refractivity contribution in [3.63, 3.8) is 0 Å². The van der Waals surface area contributed by atoms with Gasteiger partial charge in [-0.15, -0.1) is 0 Å². The van der Waals surface area contributed by atoms with E-state index in [0.717, 1.165) is 22.5 Å². The second kappa shape index (κ2) is 8.04. The summed E-state index contributed by atoms with van der Waals surface area (Å²) in [7, 11) is 0. The van der Waals surface area contributed by atoms with E-state index in [0.29, 0.717) is 16.5 Å². The van der Waals surface area contributed by atoms with Crippen molar-refractivity contribution >= 4 is 29.0 Å². The molecule has 0 bridgehead atoms. The summed E-state index contributed by atoms with van der Waals surface area (Å²) in [5.74, 6) is 0.384. The van der Waals surface area contributed by atoms with Gasteiger partial charge in [-0.3, -0.25) is 4.79 Å². The monoisotopic (exact) mass is 428 g/mol. The first-order chi connectivity index (χ1) is 15.2. The SMILES string of the molecule is O=C(Cc1cn(-c2ccccc2)nc1-c1ccc(Cl)cc1)Nc1ccnc2ccnn12. The maximum Gasteiger partial charge on any atom is 0.230 e. The topological polar surface area (TPSA) is 77.1 Å². The van der Waals surface area contributed by atoms with Gasteiger partial charge < -0.3 is 5.32 Å². The zero-order valence-electron chi connectivity index (χ0n) is 16.3. The molecule has 1 N–H and O–H groups in total. The molecule has 5 rings (SSSR count). The van der Waals surface area contributed by atoms with Crippen LogP contribution in [0.5, 0.6) is 0 Å². The Labute approximate surface area is 182 Å². The molecule has 0 aliphatic carbocycles. The minimum absolute atomic E-state index is 0.149. The van der Waals surface area contributed by atoms with Gasteiger partial charge in [-0.25, -0.2) is 9.67 Å². The number of nitrogens with zero attached hydrogens (tertiary/aromatic N) is 5. The highest BCUT2D eigenvalue weighted by Crippen LogP contribution is 2.26. The summed E-state index contributed by atoms with van der Waals surface area (Å²) in [4.78, 5) is 17.1. The molecule has 152 valence electrons. The Kier molecular flexibility index (Phi) is 4.93. The molecule has 2 aromatic carbocycles. The fourth-order valence-corrected chi connectivity index (χ4v) is 3.52. The van der Waals surface area contributed by atoms with Crippen LogP contribution in [-0.4, -0.2) is 30.3 Å². The summed E-state index contributed by atoms with van der Waals surface area (Å²) >= 11 is 6.05. The van der Waals surface area contributed by atoms with Crippen LogP contribution < -0.4 is 5.32 Å². The number of carbonyl (C=O) groups excluding carboxylic acids is 1. The lowest BCUT2D eigenvalue weighted by Crippen LogP contribution is -2.17. The van der Waals surface area contributed by atoms with E-state index in [1.54, 1.807) is 33.7 Å². The molecule has 8 heteroatoms. The highest BCUT2D eigenvalue weighted by Gasteiger charge is 2.16. The average Bonchev–Trinajstić information content (AvgIpc) is 3.43. The van der Waals surface area contributed by atoms with E-state index in [4.69, 9.17) is 16.7 Å². The minimum atomic E-state index is -0.175. The van der Waals surface area contributed by atoms with Crippen molar-refractivity contribution in [1.29, 1.82) is 0 Å². The Morgan fingerprint density at radius 2 is 1.77 bits per heavy atom.